The number of nitrogens with zero attached hydrogens (tertiary/aromatic N) is 1. The van der Waals surface area contributed by atoms with E-state index in [1.54, 1.807) is 31.2 Å². The van der Waals surface area contributed by atoms with E-state index in [0.717, 1.165) is 17.7 Å². The first-order valence-corrected chi connectivity index (χ1v) is 9.04. The van der Waals surface area contributed by atoms with Gasteiger partial charge in [0.25, 0.3) is 0 Å². The number of ether oxygens (including phenoxy) is 2. The number of carbonyl (C=O) groups is 1. The molecule has 3 rings (SSSR count). The van der Waals surface area contributed by atoms with Crippen LogP contribution in [-0.4, -0.2) is 24.7 Å². The van der Waals surface area contributed by atoms with Gasteiger partial charge in [0, 0.05) is 18.1 Å². The number of para-hydroxylation sites is 1. The summed E-state index contributed by atoms with van der Waals surface area (Å²) in [6.45, 7) is 6.23. The minimum absolute atomic E-state index is 0.132. The lowest BCUT2D eigenvalue weighted by atomic mass is 10.1. The Hall–Kier alpha value is -3.20. The van der Waals surface area contributed by atoms with E-state index in [0.29, 0.717) is 29.3 Å². The minimum Gasteiger partial charge on any atom is -0.492 e. The molecule has 6 nitrogen and oxygen atoms in total. The maximum atomic E-state index is 12.6. The van der Waals surface area contributed by atoms with Crippen LogP contribution in [0.4, 0.5) is 11.4 Å². The van der Waals surface area contributed by atoms with Crippen molar-refractivity contribution in [3.63, 3.8) is 0 Å². The van der Waals surface area contributed by atoms with Gasteiger partial charge in [-0.05, 0) is 39.0 Å². The van der Waals surface area contributed by atoms with Crippen molar-refractivity contribution in [2.24, 2.45) is 0 Å². The number of nitriles is 1. The van der Waals surface area contributed by atoms with Gasteiger partial charge in [-0.15, -0.1) is 0 Å². The van der Waals surface area contributed by atoms with Crippen LogP contribution in [-0.2, 0) is 11.2 Å². The molecule has 1 aliphatic rings. The second kappa shape index (κ2) is 8.00. The van der Waals surface area contributed by atoms with Crippen molar-refractivity contribution in [2.45, 2.75) is 39.3 Å². The predicted octanol–water partition coefficient (Wildman–Crippen LogP) is 3.72. The van der Waals surface area contributed by atoms with Gasteiger partial charge in [-0.25, -0.2) is 0 Å². The third kappa shape index (κ3) is 4.14. The average molecular weight is 365 g/mol. The Morgan fingerprint density at radius 1 is 1.37 bits per heavy atom. The van der Waals surface area contributed by atoms with Gasteiger partial charge >= 0.3 is 0 Å². The SMILES string of the molecule is CCOc1cc2c(cc1N[C@H](C)C(=O)Nc1ccccc1C#N)O[C@H](C)C2. The number of carbonyl (C=O) groups excluding carboxylic acids is 1. The van der Waals surface area contributed by atoms with Crippen LogP contribution in [0, 0.1) is 11.3 Å². The van der Waals surface area contributed by atoms with E-state index >= 15 is 0 Å². The highest BCUT2D eigenvalue weighted by atomic mass is 16.5. The zero-order chi connectivity index (χ0) is 19.4. The van der Waals surface area contributed by atoms with Gasteiger partial charge in [-0.2, -0.15) is 5.26 Å². The van der Waals surface area contributed by atoms with Gasteiger partial charge in [0.2, 0.25) is 5.91 Å². The Morgan fingerprint density at radius 3 is 2.89 bits per heavy atom. The number of amides is 1. The van der Waals surface area contributed by atoms with Crippen LogP contribution >= 0.6 is 0 Å². The minimum atomic E-state index is -0.534. The molecule has 1 heterocycles. The highest BCUT2D eigenvalue weighted by Crippen LogP contribution is 2.38. The van der Waals surface area contributed by atoms with Crippen molar-refractivity contribution in [1.29, 1.82) is 5.26 Å². The van der Waals surface area contributed by atoms with Crippen molar-refractivity contribution >= 4 is 17.3 Å². The fraction of sp³-hybridized carbons (Fsp3) is 0.333. The second-order valence-corrected chi connectivity index (χ2v) is 6.53. The predicted molar refractivity (Wildman–Crippen MR) is 104 cm³/mol. The molecule has 0 spiro atoms. The normalized spacial score (nSPS) is 15.9. The smallest absolute Gasteiger partial charge is 0.246 e. The second-order valence-electron chi connectivity index (χ2n) is 6.53. The van der Waals surface area contributed by atoms with Gasteiger partial charge in [-0.1, -0.05) is 12.1 Å². The van der Waals surface area contributed by atoms with Crippen molar-refractivity contribution in [3.8, 4) is 17.6 Å². The summed E-state index contributed by atoms with van der Waals surface area (Å²) in [5.74, 6) is 1.27. The molecule has 27 heavy (non-hydrogen) atoms. The Morgan fingerprint density at radius 2 is 2.15 bits per heavy atom. The molecule has 2 N–H and O–H groups in total. The zero-order valence-electron chi connectivity index (χ0n) is 15.7. The molecular formula is C21H23N3O3. The fourth-order valence-electron chi connectivity index (χ4n) is 3.06. The Balaban J connectivity index is 1.77. The largest absolute Gasteiger partial charge is 0.492 e. The Labute approximate surface area is 159 Å². The van der Waals surface area contributed by atoms with E-state index in [1.807, 2.05) is 26.0 Å². The molecule has 140 valence electrons. The standard InChI is InChI=1S/C21H23N3O3/c1-4-26-20-10-16-9-13(2)27-19(16)11-18(20)23-14(3)21(25)24-17-8-6-5-7-15(17)12-22/h5-8,10-11,13-14,23H,4,9H2,1-3H3,(H,24,25)/t13-,14-/m1/s1. The summed E-state index contributed by atoms with van der Waals surface area (Å²) in [7, 11) is 0. The summed E-state index contributed by atoms with van der Waals surface area (Å²) in [6, 6.07) is 12.3. The van der Waals surface area contributed by atoms with E-state index in [-0.39, 0.29) is 12.0 Å². The number of fused-ring (bicyclic) bond motifs is 1. The molecule has 0 unspecified atom stereocenters. The van der Waals surface area contributed by atoms with Crippen molar-refractivity contribution < 1.29 is 14.3 Å². The quantitative estimate of drug-likeness (QED) is 0.815. The maximum Gasteiger partial charge on any atom is 0.246 e. The summed E-state index contributed by atoms with van der Waals surface area (Å²) < 4.78 is 11.6. The highest BCUT2D eigenvalue weighted by molar-refractivity contribution is 5.97. The van der Waals surface area contributed by atoms with Crippen LogP contribution in [0.1, 0.15) is 31.9 Å². The first kappa shape index (κ1) is 18.6. The first-order chi connectivity index (χ1) is 13.0. The molecule has 0 radical (unpaired) electrons. The molecule has 2 aromatic rings. The Bertz CT molecular complexity index is 889. The lowest BCUT2D eigenvalue weighted by molar-refractivity contribution is -0.116. The van der Waals surface area contributed by atoms with Gasteiger partial charge in [0.05, 0.1) is 23.5 Å². The maximum absolute atomic E-state index is 12.6. The third-order valence-electron chi connectivity index (χ3n) is 4.37. The van der Waals surface area contributed by atoms with Crippen LogP contribution in [0.2, 0.25) is 0 Å². The van der Waals surface area contributed by atoms with Gasteiger partial charge in [0.1, 0.15) is 29.7 Å². The van der Waals surface area contributed by atoms with Crippen LogP contribution in [0.25, 0.3) is 0 Å². The summed E-state index contributed by atoms with van der Waals surface area (Å²) in [5, 5.41) is 15.2. The summed E-state index contributed by atoms with van der Waals surface area (Å²) in [5.41, 5.74) is 2.74. The molecule has 2 aromatic carbocycles. The average Bonchev–Trinajstić information content (AvgIpc) is 3.01. The summed E-state index contributed by atoms with van der Waals surface area (Å²) in [6.07, 6.45) is 0.976. The lowest BCUT2D eigenvalue weighted by Crippen LogP contribution is -2.32. The molecule has 0 saturated heterocycles. The molecule has 1 aliphatic heterocycles. The molecule has 6 heteroatoms. The fourth-order valence-corrected chi connectivity index (χ4v) is 3.06. The topological polar surface area (TPSA) is 83.4 Å². The number of nitrogens with one attached hydrogen (secondary N) is 2. The first-order valence-electron chi connectivity index (χ1n) is 9.04. The molecule has 1 amide bonds. The Kier molecular flexibility index (Phi) is 5.51. The molecule has 0 aliphatic carbocycles. The number of rotatable bonds is 6. The van der Waals surface area contributed by atoms with Crippen molar-refractivity contribution in [1.82, 2.24) is 0 Å². The van der Waals surface area contributed by atoms with E-state index < -0.39 is 6.04 Å². The number of benzene rings is 2. The number of anilines is 2. The number of hydrogen-bond donors (Lipinski definition) is 2. The van der Waals surface area contributed by atoms with E-state index in [9.17, 15) is 4.79 Å². The van der Waals surface area contributed by atoms with E-state index in [2.05, 4.69) is 16.7 Å². The lowest BCUT2D eigenvalue weighted by Gasteiger charge is -2.19. The number of hydrogen-bond acceptors (Lipinski definition) is 5. The molecule has 2 atom stereocenters. The summed E-state index contributed by atoms with van der Waals surface area (Å²) in [4.78, 5) is 12.6. The van der Waals surface area contributed by atoms with Crippen LogP contribution in [0.15, 0.2) is 36.4 Å². The van der Waals surface area contributed by atoms with Gasteiger partial charge in [0.15, 0.2) is 0 Å². The van der Waals surface area contributed by atoms with E-state index in [4.69, 9.17) is 14.7 Å². The van der Waals surface area contributed by atoms with Crippen molar-refractivity contribution in [3.05, 3.63) is 47.5 Å². The monoisotopic (exact) mass is 365 g/mol. The van der Waals surface area contributed by atoms with E-state index in [1.165, 1.54) is 0 Å². The van der Waals surface area contributed by atoms with Crippen molar-refractivity contribution in [2.75, 3.05) is 17.2 Å². The molecule has 0 fully saturated rings. The van der Waals surface area contributed by atoms with Crippen LogP contribution in [0.5, 0.6) is 11.5 Å². The van der Waals surface area contributed by atoms with Gasteiger partial charge < -0.3 is 20.1 Å². The zero-order valence-corrected chi connectivity index (χ0v) is 15.7. The summed E-state index contributed by atoms with van der Waals surface area (Å²) >= 11 is 0. The molecule has 0 aromatic heterocycles. The van der Waals surface area contributed by atoms with Gasteiger partial charge in [-0.3, -0.25) is 4.79 Å². The molecule has 0 saturated carbocycles. The highest BCUT2D eigenvalue weighted by Gasteiger charge is 2.23. The molecular weight excluding hydrogens is 342 g/mol. The third-order valence-corrected chi connectivity index (χ3v) is 4.37. The molecule has 0 bridgehead atoms. The van der Waals surface area contributed by atoms with Crippen LogP contribution < -0.4 is 20.1 Å². The van der Waals surface area contributed by atoms with Crippen LogP contribution in [0.3, 0.4) is 0 Å².